The molecule has 1 aromatic heterocycles. The smallest absolute Gasteiger partial charge is 0.280 e. The second-order valence-corrected chi connectivity index (χ2v) is 13.2. The van der Waals surface area contributed by atoms with Gasteiger partial charge in [-0.2, -0.15) is 0 Å². The van der Waals surface area contributed by atoms with E-state index in [-0.39, 0.29) is 34.3 Å². The molecule has 0 unspecified atom stereocenters. The highest BCUT2D eigenvalue weighted by atomic mass is 35.5. The predicted molar refractivity (Wildman–Crippen MR) is 198 cm³/mol. The van der Waals surface area contributed by atoms with Gasteiger partial charge in [-0.1, -0.05) is 41.9 Å². The third-order valence-electron chi connectivity index (χ3n) is 8.81. The summed E-state index contributed by atoms with van der Waals surface area (Å²) in [7, 11) is 4.14. The third-order valence-corrected chi connectivity index (χ3v) is 9.09. The Morgan fingerprint density at radius 2 is 1.65 bits per heavy atom. The monoisotopic (exact) mass is 688 g/mol. The van der Waals surface area contributed by atoms with E-state index in [9.17, 15) is 9.59 Å². The molecule has 0 aliphatic heterocycles. The molecular formula is C36H49ClN10O2. The number of halogens is 1. The Bertz CT molecular complexity index is 1660. The molecule has 2 amide bonds. The van der Waals surface area contributed by atoms with Gasteiger partial charge in [0.05, 0.1) is 0 Å². The standard InChI is InChI=1S/C36H49ClN10O2/c1-4-36(41,34(49)43-26-18-14-23(15-19-26)10-9-21-47(2)3)22-25-17-16-24(27-12-5-6-13-28(25)27)11-7-8-20-42-35(40)46-33(48)29-31(38)45-32(39)30(37)44-29/h4,14-19H,1,5-13,20-22,41H2,2-3H3,(H,43,49)(H4,38,39,45)(H3,40,42,46,48)/t36-/m1/s1. The molecule has 1 aliphatic carbocycles. The van der Waals surface area contributed by atoms with E-state index in [2.05, 4.69) is 75.8 Å². The van der Waals surface area contributed by atoms with Crippen LogP contribution in [0.5, 0.6) is 0 Å². The van der Waals surface area contributed by atoms with Crippen LogP contribution in [0.4, 0.5) is 17.3 Å². The number of nitrogens with one attached hydrogen (secondary N) is 4. The van der Waals surface area contributed by atoms with E-state index >= 15 is 0 Å². The maximum Gasteiger partial charge on any atom is 0.280 e. The Morgan fingerprint density at radius 3 is 2.33 bits per heavy atom. The van der Waals surface area contributed by atoms with Crippen molar-refractivity contribution in [1.82, 2.24) is 25.5 Å². The Hall–Kier alpha value is -4.52. The number of benzene rings is 2. The minimum atomic E-state index is -1.26. The predicted octanol–water partition coefficient (Wildman–Crippen LogP) is 4.01. The van der Waals surface area contributed by atoms with Gasteiger partial charge >= 0.3 is 0 Å². The van der Waals surface area contributed by atoms with Crippen LogP contribution in [0.1, 0.15) is 70.4 Å². The van der Waals surface area contributed by atoms with Crippen LogP contribution in [0.2, 0.25) is 5.15 Å². The first kappa shape index (κ1) is 37.3. The first-order valence-corrected chi connectivity index (χ1v) is 17.1. The van der Waals surface area contributed by atoms with Crippen LogP contribution in [0.3, 0.4) is 0 Å². The van der Waals surface area contributed by atoms with Gasteiger partial charge in [0.25, 0.3) is 5.91 Å². The molecule has 2 aromatic carbocycles. The molecular weight excluding hydrogens is 640 g/mol. The van der Waals surface area contributed by atoms with E-state index in [1.807, 2.05) is 12.1 Å². The number of rotatable bonds is 15. The maximum absolute atomic E-state index is 13.5. The van der Waals surface area contributed by atoms with Gasteiger partial charge in [0.15, 0.2) is 28.4 Å². The highest BCUT2D eigenvalue weighted by Crippen LogP contribution is 2.31. The number of nitrogens with zero attached hydrogens (tertiary/aromatic N) is 3. The lowest BCUT2D eigenvalue weighted by Gasteiger charge is -2.29. The van der Waals surface area contributed by atoms with Crippen molar-refractivity contribution >= 4 is 46.7 Å². The van der Waals surface area contributed by atoms with E-state index in [1.165, 1.54) is 22.3 Å². The minimum Gasteiger partial charge on any atom is -0.382 e. The molecule has 0 radical (unpaired) electrons. The van der Waals surface area contributed by atoms with Crippen molar-refractivity contribution < 1.29 is 9.59 Å². The lowest BCUT2D eigenvalue weighted by atomic mass is 9.80. The van der Waals surface area contributed by atoms with Crippen LogP contribution >= 0.6 is 11.6 Å². The van der Waals surface area contributed by atoms with Crippen LogP contribution in [-0.4, -0.2) is 65.4 Å². The number of amides is 2. The van der Waals surface area contributed by atoms with E-state index in [1.54, 1.807) is 6.08 Å². The van der Waals surface area contributed by atoms with Crippen LogP contribution < -0.4 is 33.2 Å². The van der Waals surface area contributed by atoms with Gasteiger partial charge in [0.2, 0.25) is 5.91 Å². The van der Waals surface area contributed by atoms with Crippen molar-refractivity contribution in [3.8, 4) is 0 Å². The first-order valence-electron chi connectivity index (χ1n) is 16.7. The lowest BCUT2D eigenvalue weighted by Crippen LogP contribution is -2.51. The molecule has 49 heavy (non-hydrogen) atoms. The first-order chi connectivity index (χ1) is 23.4. The summed E-state index contributed by atoms with van der Waals surface area (Å²) >= 11 is 5.85. The molecule has 13 heteroatoms. The second-order valence-electron chi connectivity index (χ2n) is 12.9. The van der Waals surface area contributed by atoms with Crippen molar-refractivity contribution in [2.75, 3.05) is 44.0 Å². The highest BCUT2D eigenvalue weighted by molar-refractivity contribution is 6.31. The van der Waals surface area contributed by atoms with Crippen LogP contribution in [0, 0.1) is 5.41 Å². The number of hydrogen-bond donors (Lipinski definition) is 7. The van der Waals surface area contributed by atoms with Crippen molar-refractivity contribution in [2.45, 2.75) is 69.7 Å². The molecule has 10 N–H and O–H groups in total. The number of carbonyl (C=O) groups is 2. The molecule has 0 spiro atoms. The average molecular weight is 689 g/mol. The van der Waals surface area contributed by atoms with Gasteiger partial charge in [-0.3, -0.25) is 20.3 Å². The van der Waals surface area contributed by atoms with Gasteiger partial charge in [-0.15, -0.1) is 6.58 Å². The fraction of sp³-hybridized carbons (Fsp3) is 0.417. The summed E-state index contributed by atoms with van der Waals surface area (Å²) in [5.41, 5.74) is 23.5. The van der Waals surface area contributed by atoms with E-state index < -0.39 is 11.4 Å². The number of aromatic nitrogens is 2. The lowest BCUT2D eigenvalue weighted by molar-refractivity contribution is -0.119. The number of carbonyl (C=O) groups excluding carboxylic acids is 2. The van der Waals surface area contributed by atoms with E-state index in [0.29, 0.717) is 18.7 Å². The van der Waals surface area contributed by atoms with Gasteiger partial charge in [-0.05, 0) is 118 Å². The summed E-state index contributed by atoms with van der Waals surface area (Å²) in [5.74, 6) is -1.40. The number of aryl methyl sites for hydroxylation is 2. The number of guanidine groups is 1. The molecule has 0 saturated heterocycles. The van der Waals surface area contributed by atoms with Crippen molar-refractivity contribution in [2.24, 2.45) is 5.73 Å². The zero-order valence-electron chi connectivity index (χ0n) is 28.5. The topological polar surface area (TPSA) is 201 Å². The molecule has 0 fully saturated rings. The van der Waals surface area contributed by atoms with Gasteiger partial charge < -0.3 is 32.7 Å². The van der Waals surface area contributed by atoms with E-state index in [0.717, 1.165) is 69.9 Å². The molecule has 0 saturated carbocycles. The summed E-state index contributed by atoms with van der Waals surface area (Å²) in [6, 6.07) is 12.2. The van der Waals surface area contributed by atoms with Gasteiger partial charge in [-0.25, -0.2) is 9.97 Å². The Balaban J connectivity index is 1.30. The minimum absolute atomic E-state index is 0.0737. The molecule has 4 rings (SSSR count). The molecule has 1 aliphatic rings. The Labute approximate surface area is 293 Å². The van der Waals surface area contributed by atoms with Crippen LogP contribution in [0.15, 0.2) is 49.1 Å². The molecule has 0 bridgehead atoms. The number of fused-ring (bicyclic) bond motifs is 1. The van der Waals surface area contributed by atoms with Crippen molar-refractivity contribution in [1.29, 1.82) is 5.41 Å². The normalized spacial score (nSPS) is 13.7. The summed E-state index contributed by atoms with van der Waals surface area (Å²) < 4.78 is 0. The summed E-state index contributed by atoms with van der Waals surface area (Å²) in [6.45, 7) is 5.46. The zero-order chi connectivity index (χ0) is 35.6. The molecule has 1 atom stereocenters. The number of unbranched alkanes of at least 4 members (excludes halogenated alkanes) is 1. The van der Waals surface area contributed by atoms with Gasteiger partial charge in [0.1, 0.15) is 5.54 Å². The fourth-order valence-electron chi connectivity index (χ4n) is 6.06. The summed E-state index contributed by atoms with van der Waals surface area (Å²) in [6.07, 6.45) is 10.7. The average Bonchev–Trinajstić information content (AvgIpc) is 3.07. The number of nitrogens with two attached hydrogens (primary N) is 3. The maximum atomic E-state index is 13.5. The second kappa shape index (κ2) is 17.2. The molecule has 12 nitrogen and oxygen atoms in total. The highest BCUT2D eigenvalue weighted by Gasteiger charge is 2.33. The third kappa shape index (κ3) is 10.2. The van der Waals surface area contributed by atoms with Crippen LogP contribution in [-0.2, 0) is 36.9 Å². The Morgan fingerprint density at radius 1 is 0.980 bits per heavy atom. The summed E-state index contributed by atoms with van der Waals surface area (Å²) in [4.78, 5) is 35.7. The Kier molecular flexibility index (Phi) is 13.1. The summed E-state index contributed by atoms with van der Waals surface area (Å²) in [5, 5.41) is 16.2. The van der Waals surface area contributed by atoms with Crippen LogP contribution in [0.25, 0.3) is 0 Å². The van der Waals surface area contributed by atoms with E-state index in [4.69, 9.17) is 34.2 Å². The zero-order valence-corrected chi connectivity index (χ0v) is 29.3. The van der Waals surface area contributed by atoms with Crippen molar-refractivity contribution in [3.63, 3.8) is 0 Å². The van der Waals surface area contributed by atoms with Gasteiger partial charge in [0, 0.05) is 18.7 Å². The van der Waals surface area contributed by atoms with Crippen molar-refractivity contribution in [3.05, 3.63) is 87.7 Å². The number of anilines is 3. The molecule has 3 aromatic rings. The molecule has 1 heterocycles. The quantitative estimate of drug-likeness (QED) is 0.0533. The number of nitrogen functional groups attached to an aromatic ring is 2. The largest absolute Gasteiger partial charge is 0.382 e. The fourth-order valence-corrected chi connectivity index (χ4v) is 6.18. The molecule has 262 valence electrons. The SMILES string of the molecule is C=C[C@@](N)(Cc1ccc(CCCCNC(=N)NC(=O)c2nc(Cl)c(N)nc2N)c2c1CCCC2)C(=O)Nc1ccc(CCCN(C)C)cc1. The number of hydrogen-bond acceptors (Lipinski definition) is 9.